The van der Waals surface area contributed by atoms with Crippen LogP contribution in [0.2, 0.25) is 0 Å². The Hall–Kier alpha value is -1.42. The Kier molecular flexibility index (Phi) is 4.01. The van der Waals surface area contributed by atoms with Crippen LogP contribution in [0.25, 0.3) is 0 Å². The summed E-state index contributed by atoms with van der Waals surface area (Å²) in [6.07, 6.45) is 1.78. The van der Waals surface area contributed by atoms with Crippen molar-refractivity contribution < 1.29 is 14.6 Å². The van der Waals surface area contributed by atoms with Gasteiger partial charge in [-0.25, -0.2) is 0 Å². The normalized spacial score (nSPS) is 11.2. The molecule has 88 valence electrons. The number of hydrogen-bond acceptors (Lipinski definition) is 4. The average Bonchev–Trinajstić information content (AvgIpc) is 2.16. The van der Waals surface area contributed by atoms with Crippen molar-refractivity contribution in [3.05, 3.63) is 29.6 Å². The fourth-order valence-corrected chi connectivity index (χ4v) is 1.20. The van der Waals surface area contributed by atoms with E-state index < -0.39 is 5.60 Å². The van der Waals surface area contributed by atoms with E-state index in [1.54, 1.807) is 18.3 Å². The van der Waals surface area contributed by atoms with E-state index in [0.717, 1.165) is 5.56 Å². The van der Waals surface area contributed by atoms with Gasteiger partial charge in [-0.3, -0.25) is 9.78 Å². The predicted molar refractivity (Wildman–Crippen MR) is 59.7 cm³/mol. The Morgan fingerprint density at radius 1 is 1.44 bits per heavy atom. The lowest BCUT2D eigenvalue weighted by atomic mass is 10.1. The average molecular weight is 223 g/mol. The first-order valence-electron chi connectivity index (χ1n) is 5.17. The smallest absolute Gasteiger partial charge is 0.310 e. The molecule has 1 N–H and O–H groups in total. The summed E-state index contributed by atoms with van der Waals surface area (Å²) < 4.78 is 5.18. The van der Waals surface area contributed by atoms with E-state index >= 15 is 0 Å². The summed E-state index contributed by atoms with van der Waals surface area (Å²) in [7, 11) is 0. The van der Waals surface area contributed by atoms with Gasteiger partial charge in [-0.15, -0.1) is 0 Å². The molecule has 0 saturated heterocycles. The second kappa shape index (κ2) is 5.07. The third-order valence-corrected chi connectivity index (χ3v) is 1.82. The van der Waals surface area contributed by atoms with E-state index in [-0.39, 0.29) is 19.0 Å². The molecule has 0 bridgehead atoms. The van der Waals surface area contributed by atoms with Gasteiger partial charge in [0.25, 0.3) is 0 Å². The highest BCUT2D eigenvalue weighted by Crippen LogP contribution is 2.09. The van der Waals surface area contributed by atoms with Crippen molar-refractivity contribution in [2.75, 3.05) is 0 Å². The number of ether oxygens (including phenoxy) is 1. The molecular weight excluding hydrogens is 206 g/mol. The first kappa shape index (κ1) is 12.6. The van der Waals surface area contributed by atoms with Crippen molar-refractivity contribution >= 4 is 5.97 Å². The van der Waals surface area contributed by atoms with Crippen LogP contribution >= 0.6 is 0 Å². The summed E-state index contributed by atoms with van der Waals surface area (Å²) in [4.78, 5) is 15.5. The van der Waals surface area contributed by atoms with Crippen molar-refractivity contribution in [1.29, 1.82) is 0 Å². The number of aliphatic hydroxyl groups is 1. The molecule has 0 saturated carbocycles. The molecule has 16 heavy (non-hydrogen) atoms. The zero-order valence-electron chi connectivity index (χ0n) is 9.86. The number of esters is 1. The molecule has 0 aliphatic carbocycles. The summed E-state index contributed by atoms with van der Waals surface area (Å²) in [5, 5.41) is 8.81. The number of hydrogen-bond donors (Lipinski definition) is 1. The SMILES string of the molecule is CC(C)(C)OC(=O)Cc1ccc(CO)nc1. The van der Waals surface area contributed by atoms with Crippen LogP contribution in [0.15, 0.2) is 18.3 Å². The van der Waals surface area contributed by atoms with Gasteiger partial charge in [0.1, 0.15) is 5.60 Å². The molecular formula is C12H17NO3. The monoisotopic (exact) mass is 223 g/mol. The molecule has 0 unspecified atom stereocenters. The fourth-order valence-electron chi connectivity index (χ4n) is 1.20. The van der Waals surface area contributed by atoms with Crippen LogP contribution < -0.4 is 0 Å². The second-order valence-electron chi connectivity index (χ2n) is 4.58. The van der Waals surface area contributed by atoms with Gasteiger partial charge in [-0.05, 0) is 32.4 Å². The van der Waals surface area contributed by atoms with Crippen LogP contribution in [0, 0.1) is 0 Å². The molecule has 0 spiro atoms. The Balaban J connectivity index is 2.56. The van der Waals surface area contributed by atoms with Crippen LogP contribution in [-0.2, 0) is 22.6 Å². The molecule has 0 radical (unpaired) electrons. The molecule has 1 aromatic rings. The maximum Gasteiger partial charge on any atom is 0.310 e. The maximum absolute atomic E-state index is 11.5. The topological polar surface area (TPSA) is 59.4 Å². The number of aromatic nitrogens is 1. The highest BCUT2D eigenvalue weighted by atomic mass is 16.6. The number of nitrogens with zero attached hydrogens (tertiary/aromatic N) is 1. The Morgan fingerprint density at radius 2 is 2.12 bits per heavy atom. The lowest BCUT2D eigenvalue weighted by Gasteiger charge is -2.19. The number of aliphatic hydroxyl groups excluding tert-OH is 1. The second-order valence-corrected chi connectivity index (χ2v) is 4.58. The van der Waals surface area contributed by atoms with Crippen molar-refractivity contribution in [2.45, 2.75) is 39.4 Å². The summed E-state index contributed by atoms with van der Waals surface area (Å²) in [6, 6.07) is 3.46. The van der Waals surface area contributed by atoms with Crippen LogP contribution in [-0.4, -0.2) is 21.7 Å². The molecule has 1 rings (SSSR count). The van der Waals surface area contributed by atoms with E-state index in [4.69, 9.17) is 9.84 Å². The van der Waals surface area contributed by atoms with Gasteiger partial charge in [0.05, 0.1) is 18.7 Å². The summed E-state index contributed by atoms with van der Waals surface area (Å²) in [6.45, 7) is 5.40. The van der Waals surface area contributed by atoms with Gasteiger partial charge >= 0.3 is 5.97 Å². The van der Waals surface area contributed by atoms with Gasteiger partial charge < -0.3 is 9.84 Å². The number of pyridine rings is 1. The summed E-state index contributed by atoms with van der Waals surface area (Å²) in [5.41, 5.74) is 0.912. The Bertz CT molecular complexity index is 352. The zero-order valence-corrected chi connectivity index (χ0v) is 9.86. The van der Waals surface area contributed by atoms with Crippen molar-refractivity contribution in [3.63, 3.8) is 0 Å². The molecule has 0 fully saturated rings. The third-order valence-electron chi connectivity index (χ3n) is 1.82. The summed E-state index contributed by atoms with van der Waals surface area (Å²) >= 11 is 0. The standard InChI is InChI=1S/C12H17NO3/c1-12(2,3)16-11(15)6-9-4-5-10(8-14)13-7-9/h4-5,7,14H,6,8H2,1-3H3. The number of carbonyl (C=O) groups excluding carboxylic acids is 1. The van der Waals surface area contributed by atoms with E-state index in [0.29, 0.717) is 5.69 Å². The van der Waals surface area contributed by atoms with Gasteiger partial charge in [0.15, 0.2) is 0 Å². The van der Waals surface area contributed by atoms with Crippen molar-refractivity contribution in [2.24, 2.45) is 0 Å². The lowest BCUT2D eigenvalue weighted by molar-refractivity contribution is -0.153. The lowest BCUT2D eigenvalue weighted by Crippen LogP contribution is -2.24. The van der Waals surface area contributed by atoms with Gasteiger partial charge in [-0.2, -0.15) is 0 Å². The minimum Gasteiger partial charge on any atom is -0.460 e. The molecule has 1 aromatic heterocycles. The van der Waals surface area contributed by atoms with Crippen LogP contribution in [0.1, 0.15) is 32.0 Å². The van der Waals surface area contributed by atoms with E-state index in [1.165, 1.54) is 0 Å². The molecule has 4 heteroatoms. The zero-order chi connectivity index (χ0) is 12.2. The first-order valence-corrected chi connectivity index (χ1v) is 5.17. The van der Waals surface area contributed by atoms with Crippen molar-refractivity contribution in [3.8, 4) is 0 Å². The predicted octanol–water partition coefficient (Wildman–Crippen LogP) is 1.46. The molecule has 1 heterocycles. The van der Waals surface area contributed by atoms with Crippen LogP contribution in [0.3, 0.4) is 0 Å². The number of rotatable bonds is 3. The van der Waals surface area contributed by atoms with Crippen LogP contribution in [0.5, 0.6) is 0 Å². The third kappa shape index (κ3) is 4.40. The molecule has 0 aromatic carbocycles. The van der Waals surface area contributed by atoms with Gasteiger partial charge in [-0.1, -0.05) is 6.07 Å². The molecule has 0 amide bonds. The highest BCUT2D eigenvalue weighted by Gasteiger charge is 2.16. The Morgan fingerprint density at radius 3 is 2.56 bits per heavy atom. The minimum absolute atomic E-state index is 0.0906. The maximum atomic E-state index is 11.5. The molecule has 0 aliphatic rings. The first-order chi connectivity index (χ1) is 7.40. The molecule has 0 atom stereocenters. The quantitative estimate of drug-likeness (QED) is 0.788. The largest absolute Gasteiger partial charge is 0.460 e. The minimum atomic E-state index is -0.463. The molecule has 0 aliphatic heterocycles. The van der Waals surface area contributed by atoms with Gasteiger partial charge in [0, 0.05) is 6.20 Å². The van der Waals surface area contributed by atoms with Gasteiger partial charge in [0.2, 0.25) is 0 Å². The fraction of sp³-hybridized carbons (Fsp3) is 0.500. The summed E-state index contributed by atoms with van der Waals surface area (Å²) in [5.74, 6) is -0.272. The highest BCUT2D eigenvalue weighted by molar-refractivity contribution is 5.72. The molecule has 4 nitrogen and oxygen atoms in total. The number of carbonyl (C=O) groups is 1. The van der Waals surface area contributed by atoms with E-state index in [9.17, 15) is 4.79 Å². The Labute approximate surface area is 95.3 Å². The van der Waals surface area contributed by atoms with Crippen LogP contribution in [0.4, 0.5) is 0 Å². The van der Waals surface area contributed by atoms with E-state index in [2.05, 4.69) is 4.98 Å². The van der Waals surface area contributed by atoms with Crippen molar-refractivity contribution in [1.82, 2.24) is 4.98 Å². The van der Waals surface area contributed by atoms with E-state index in [1.807, 2.05) is 20.8 Å².